The van der Waals surface area contributed by atoms with Crippen LogP contribution in [-0.4, -0.2) is 45.5 Å². The van der Waals surface area contributed by atoms with E-state index < -0.39 is 18.0 Å². The number of nitrogens with zero attached hydrogens (tertiary/aromatic N) is 4. The summed E-state index contributed by atoms with van der Waals surface area (Å²) in [5.74, 6) is -3.35. The molecule has 0 aliphatic carbocycles. The number of likely N-dealkylation sites (tertiary alicyclic amines) is 1. The maximum Gasteiger partial charge on any atom is 0.400 e. The number of benzene rings is 1. The summed E-state index contributed by atoms with van der Waals surface area (Å²) in [6, 6.07) is 8.43. The topological polar surface area (TPSA) is 91.0 Å². The number of carbonyl (C=O) groups is 2. The van der Waals surface area contributed by atoms with Gasteiger partial charge in [-0.15, -0.1) is 0 Å². The number of nitriles is 1. The van der Waals surface area contributed by atoms with E-state index in [4.69, 9.17) is 5.26 Å². The average Bonchev–Trinajstić information content (AvgIpc) is 3.20. The van der Waals surface area contributed by atoms with Crippen LogP contribution < -0.4 is 5.32 Å². The maximum atomic E-state index is 13.1. The fraction of sp³-hybridized carbons (Fsp3) is 0.407. The van der Waals surface area contributed by atoms with Gasteiger partial charge in [-0.1, -0.05) is 13.0 Å². The Bertz CT molecular complexity index is 1410. The molecule has 4 rings (SSSR count). The third-order valence-electron chi connectivity index (χ3n) is 7.25. The molecule has 10 heteroatoms. The number of halogens is 3. The van der Waals surface area contributed by atoms with E-state index in [1.54, 1.807) is 24.4 Å². The second-order valence-electron chi connectivity index (χ2n) is 9.76. The molecule has 2 aromatic heterocycles. The number of amides is 2. The van der Waals surface area contributed by atoms with E-state index in [9.17, 15) is 22.8 Å². The number of hydrogen-bond donors (Lipinski definition) is 1. The summed E-state index contributed by atoms with van der Waals surface area (Å²) in [5, 5.41) is 12.9. The Morgan fingerprint density at radius 3 is 2.68 bits per heavy atom. The highest BCUT2D eigenvalue weighted by molar-refractivity contribution is 6.06. The number of fused-ring (bicyclic) bond motifs is 1. The third-order valence-corrected chi connectivity index (χ3v) is 7.25. The summed E-state index contributed by atoms with van der Waals surface area (Å²) in [7, 11) is 1.87. The van der Waals surface area contributed by atoms with E-state index in [0.717, 1.165) is 29.1 Å². The lowest BCUT2D eigenvalue weighted by atomic mass is 9.80. The molecule has 0 bridgehead atoms. The van der Waals surface area contributed by atoms with E-state index in [1.165, 1.54) is 11.0 Å². The van der Waals surface area contributed by atoms with Crippen LogP contribution in [0, 0.1) is 30.1 Å². The summed E-state index contributed by atoms with van der Waals surface area (Å²) >= 11 is 0. The van der Waals surface area contributed by atoms with Gasteiger partial charge in [0.15, 0.2) is 0 Å². The zero-order valence-corrected chi connectivity index (χ0v) is 21.1. The van der Waals surface area contributed by atoms with Gasteiger partial charge in [0.2, 0.25) is 5.91 Å². The lowest BCUT2D eigenvalue weighted by Crippen LogP contribution is -2.47. The summed E-state index contributed by atoms with van der Waals surface area (Å²) in [6.45, 7) is 5.22. The third kappa shape index (κ3) is 5.03. The normalized spacial score (nSPS) is 18.9. The number of carbonyl (C=O) groups excluding carboxylic acids is 2. The van der Waals surface area contributed by atoms with Crippen LogP contribution in [0.2, 0.25) is 0 Å². The second kappa shape index (κ2) is 9.88. The number of pyridine rings is 1. The first kappa shape index (κ1) is 26.2. The molecule has 0 saturated carbocycles. The summed E-state index contributed by atoms with van der Waals surface area (Å²) in [5.41, 5.74) is 3.81. The van der Waals surface area contributed by atoms with Crippen molar-refractivity contribution in [3.8, 4) is 6.07 Å². The molecule has 1 aliphatic rings. The Morgan fingerprint density at radius 2 is 2.03 bits per heavy atom. The van der Waals surface area contributed by atoms with Crippen molar-refractivity contribution in [2.75, 3.05) is 18.4 Å². The van der Waals surface area contributed by atoms with Crippen molar-refractivity contribution in [3.05, 3.63) is 58.9 Å². The largest absolute Gasteiger partial charge is 0.400 e. The van der Waals surface area contributed by atoms with Crippen LogP contribution in [0.3, 0.4) is 0 Å². The molecule has 2 amide bonds. The second-order valence-corrected chi connectivity index (χ2v) is 9.76. The molecule has 1 saturated heterocycles. The van der Waals surface area contributed by atoms with Crippen LogP contribution in [0.15, 0.2) is 36.7 Å². The maximum absolute atomic E-state index is 13.1. The first-order chi connectivity index (χ1) is 17.4. The number of rotatable bonds is 4. The van der Waals surface area contributed by atoms with Gasteiger partial charge in [0.05, 0.1) is 23.5 Å². The first-order valence-electron chi connectivity index (χ1n) is 12.0. The van der Waals surface area contributed by atoms with Crippen molar-refractivity contribution in [3.63, 3.8) is 0 Å². The van der Waals surface area contributed by atoms with Gasteiger partial charge in [-0.05, 0) is 61.4 Å². The van der Waals surface area contributed by atoms with Crippen LogP contribution in [-0.2, 0) is 11.8 Å². The minimum Gasteiger partial charge on any atom is -0.342 e. The van der Waals surface area contributed by atoms with E-state index >= 15 is 0 Å². The Morgan fingerprint density at radius 1 is 1.30 bits per heavy atom. The number of aromatic nitrogens is 2. The van der Waals surface area contributed by atoms with Crippen LogP contribution in [0.25, 0.3) is 11.0 Å². The average molecular weight is 512 g/mol. The van der Waals surface area contributed by atoms with Gasteiger partial charge in [-0.3, -0.25) is 9.59 Å². The summed E-state index contributed by atoms with van der Waals surface area (Å²) in [4.78, 5) is 31.2. The van der Waals surface area contributed by atoms with Crippen LogP contribution in [0.4, 0.5) is 18.9 Å². The van der Waals surface area contributed by atoms with Crippen molar-refractivity contribution < 1.29 is 22.8 Å². The van der Waals surface area contributed by atoms with Crippen molar-refractivity contribution >= 4 is 28.5 Å². The van der Waals surface area contributed by atoms with Crippen molar-refractivity contribution in [1.29, 1.82) is 5.26 Å². The molecular weight excluding hydrogens is 483 g/mol. The van der Waals surface area contributed by atoms with Crippen LogP contribution in [0.5, 0.6) is 0 Å². The highest BCUT2D eigenvalue weighted by Gasteiger charge is 2.44. The SMILES string of the molecule is Cc1c(NC(=O)c2cccc(C#N)c2)cnc2c1c([C@@H]1CCN(C(=O)C(C)C(F)(F)F)C[C@@H]1C)cn2C. The molecule has 7 nitrogen and oxygen atoms in total. The number of aryl methyl sites for hydroxylation is 2. The molecule has 3 aromatic rings. The number of hydrogen-bond acceptors (Lipinski definition) is 4. The van der Waals surface area contributed by atoms with Gasteiger partial charge in [0.25, 0.3) is 5.91 Å². The molecule has 0 radical (unpaired) electrons. The van der Waals surface area contributed by atoms with Crippen LogP contribution in [0.1, 0.15) is 53.2 Å². The number of nitrogens with one attached hydrogen (secondary N) is 1. The molecule has 3 heterocycles. The van der Waals surface area contributed by atoms with E-state index in [2.05, 4.69) is 10.3 Å². The van der Waals surface area contributed by atoms with Crippen LogP contribution >= 0.6 is 0 Å². The lowest BCUT2D eigenvalue weighted by Gasteiger charge is -2.38. The molecule has 1 aromatic carbocycles. The Kier molecular flexibility index (Phi) is 7.00. The predicted molar refractivity (Wildman–Crippen MR) is 133 cm³/mol. The van der Waals surface area contributed by atoms with Crippen molar-refractivity contribution in [1.82, 2.24) is 14.5 Å². The molecule has 0 spiro atoms. The fourth-order valence-electron chi connectivity index (χ4n) is 5.09. The number of piperidine rings is 1. The fourth-order valence-corrected chi connectivity index (χ4v) is 5.09. The molecule has 1 N–H and O–H groups in total. The van der Waals surface area contributed by atoms with Crippen molar-refractivity contribution in [2.45, 2.75) is 39.3 Å². The van der Waals surface area contributed by atoms with Gasteiger partial charge in [-0.2, -0.15) is 18.4 Å². The molecule has 37 heavy (non-hydrogen) atoms. The van der Waals surface area contributed by atoms with E-state index in [0.29, 0.717) is 23.2 Å². The highest BCUT2D eigenvalue weighted by Crippen LogP contribution is 2.40. The van der Waals surface area contributed by atoms with Gasteiger partial charge in [-0.25, -0.2) is 4.98 Å². The molecule has 1 unspecified atom stereocenters. The Hall–Kier alpha value is -3.87. The monoisotopic (exact) mass is 511 g/mol. The van der Waals surface area contributed by atoms with Gasteiger partial charge in [0.1, 0.15) is 11.6 Å². The highest BCUT2D eigenvalue weighted by atomic mass is 19.4. The molecule has 3 atom stereocenters. The quantitative estimate of drug-likeness (QED) is 0.524. The van der Waals surface area contributed by atoms with Crippen molar-refractivity contribution in [2.24, 2.45) is 18.9 Å². The van der Waals surface area contributed by atoms with E-state index in [-0.39, 0.29) is 30.8 Å². The molecule has 1 fully saturated rings. The first-order valence-corrected chi connectivity index (χ1v) is 12.0. The molecule has 194 valence electrons. The van der Waals surface area contributed by atoms with E-state index in [1.807, 2.05) is 37.7 Å². The lowest BCUT2D eigenvalue weighted by molar-refractivity contribution is -0.186. The van der Waals surface area contributed by atoms with Gasteiger partial charge < -0.3 is 14.8 Å². The number of alkyl halides is 3. The minimum atomic E-state index is -4.56. The van der Waals surface area contributed by atoms with Gasteiger partial charge in [0, 0.05) is 37.3 Å². The smallest absolute Gasteiger partial charge is 0.342 e. The Balaban J connectivity index is 1.61. The summed E-state index contributed by atoms with van der Waals surface area (Å²) in [6.07, 6.45) is -0.472. The predicted octanol–water partition coefficient (Wildman–Crippen LogP) is 5.16. The standard InChI is InChI=1S/C27H28F3N5O2/c1-15-13-35(26(37)17(3)27(28,29)30)9-8-20(15)21-14-34(4)24-23(21)16(2)22(12-32-24)33-25(36)19-7-5-6-18(10-19)11-31/h5-7,10,12,14-15,17,20H,8-9,13H2,1-4H3,(H,33,36)/t15-,17?,20+/m0/s1. The number of anilines is 1. The minimum absolute atomic E-state index is 0.00713. The zero-order chi connectivity index (χ0) is 27.1. The van der Waals surface area contributed by atoms with Gasteiger partial charge >= 0.3 is 6.18 Å². The molecule has 1 aliphatic heterocycles. The zero-order valence-electron chi connectivity index (χ0n) is 21.1. The summed E-state index contributed by atoms with van der Waals surface area (Å²) < 4.78 is 41.2. The Labute approximate surface area is 212 Å². The molecular formula is C27H28F3N5O2.